The first-order valence-electron chi connectivity index (χ1n) is 5.20. The van der Waals surface area contributed by atoms with E-state index in [-0.39, 0.29) is 12.1 Å². The summed E-state index contributed by atoms with van der Waals surface area (Å²) in [6, 6.07) is 4.01. The molecule has 0 unspecified atom stereocenters. The number of esters is 1. The second-order valence-corrected chi connectivity index (χ2v) is 4.23. The molecule has 0 fully saturated rings. The minimum atomic E-state index is -0.222. The van der Waals surface area contributed by atoms with E-state index in [4.69, 9.17) is 4.74 Å². The third-order valence-corrected chi connectivity index (χ3v) is 2.22. The van der Waals surface area contributed by atoms with Crippen LogP contribution >= 0.6 is 0 Å². The summed E-state index contributed by atoms with van der Waals surface area (Å²) in [4.78, 5) is 11.8. The lowest BCUT2D eigenvalue weighted by molar-refractivity contribution is 0.0376. The number of hydrogen-bond acceptors (Lipinski definition) is 2. The van der Waals surface area contributed by atoms with Crippen molar-refractivity contribution in [1.29, 1.82) is 0 Å². The van der Waals surface area contributed by atoms with Crippen LogP contribution in [0, 0.1) is 20.8 Å². The first-order valence-corrected chi connectivity index (χ1v) is 5.20. The molecule has 0 aliphatic heterocycles. The Morgan fingerprint density at radius 3 is 2.00 bits per heavy atom. The topological polar surface area (TPSA) is 26.3 Å². The fourth-order valence-corrected chi connectivity index (χ4v) is 1.77. The molecule has 0 atom stereocenters. The highest BCUT2D eigenvalue weighted by atomic mass is 16.5. The quantitative estimate of drug-likeness (QED) is 0.695. The molecule has 0 amide bonds. The van der Waals surface area contributed by atoms with Crippen molar-refractivity contribution in [3.05, 3.63) is 34.4 Å². The third-order valence-electron chi connectivity index (χ3n) is 2.22. The second kappa shape index (κ2) is 4.47. The molecule has 0 aliphatic carbocycles. The van der Waals surface area contributed by atoms with Crippen LogP contribution in [0.25, 0.3) is 0 Å². The van der Waals surface area contributed by atoms with Gasteiger partial charge in [-0.05, 0) is 45.7 Å². The molecule has 1 aromatic rings. The number of rotatable bonds is 2. The maximum Gasteiger partial charge on any atom is 0.338 e. The Bertz CT molecular complexity index is 355. The summed E-state index contributed by atoms with van der Waals surface area (Å²) in [6.07, 6.45) is -0.0717. The largest absolute Gasteiger partial charge is 0.459 e. The van der Waals surface area contributed by atoms with E-state index in [1.165, 1.54) is 5.56 Å². The van der Waals surface area contributed by atoms with Gasteiger partial charge in [-0.2, -0.15) is 0 Å². The van der Waals surface area contributed by atoms with Crippen LogP contribution in [0.1, 0.15) is 40.9 Å². The average molecular weight is 206 g/mol. The molecule has 0 radical (unpaired) electrons. The van der Waals surface area contributed by atoms with Gasteiger partial charge in [0.05, 0.1) is 11.7 Å². The van der Waals surface area contributed by atoms with Gasteiger partial charge in [-0.25, -0.2) is 4.79 Å². The lowest BCUT2D eigenvalue weighted by Gasteiger charge is -2.12. The highest BCUT2D eigenvalue weighted by Gasteiger charge is 2.15. The fraction of sp³-hybridized carbons (Fsp3) is 0.462. The van der Waals surface area contributed by atoms with Gasteiger partial charge in [0.25, 0.3) is 0 Å². The maximum atomic E-state index is 11.8. The SMILES string of the molecule is Cc1cc(C)c(C(=O)OC(C)C)c(C)c1. The smallest absolute Gasteiger partial charge is 0.338 e. The minimum Gasteiger partial charge on any atom is -0.459 e. The van der Waals surface area contributed by atoms with Gasteiger partial charge in [0.15, 0.2) is 0 Å². The molecule has 1 rings (SSSR count). The summed E-state index contributed by atoms with van der Waals surface area (Å²) in [6.45, 7) is 9.62. The lowest BCUT2D eigenvalue weighted by atomic mass is 10.00. The van der Waals surface area contributed by atoms with E-state index in [1.807, 2.05) is 46.8 Å². The van der Waals surface area contributed by atoms with Crippen LogP contribution in [0.4, 0.5) is 0 Å². The molecule has 15 heavy (non-hydrogen) atoms. The number of ether oxygens (including phenoxy) is 1. The predicted octanol–water partition coefficient (Wildman–Crippen LogP) is 3.18. The van der Waals surface area contributed by atoms with Crippen molar-refractivity contribution in [1.82, 2.24) is 0 Å². The van der Waals surface area contributed by atoms with Gasteiger partial charge in [-0.3, -0.25) is 0 Å². The molecule has 0 bridgehead atoms. The van der Waals surface area contributed by atoms with E-state index in [0.717, 1.165) is 11.1 Å². The zero-order valence-corrected chi connectivity index (χ0v) is 10.0. The first-order chi connectivity index (χ1) is 6.91. The van der Waals surface area contributed by atoms with Crippen LogP contribution in [-0.4, -0.2) is 12.1 Å². The first kappa shape index (κ1) is 11.8. The van der Waals surface area contributed by atoms with Crippen molar-refractivity contribution in [3.8, 4) is 0 Å². The van der Waals surface area contributed by atoms with E-state index in [2.05, 4.69) is 0 Å². The number of benzene rings is 1. The van der Waals surface area contributed by atoms with Gasteiger partial charge in [-0.15, -0.1) is 0 Å². The third kappa shape index (κ3) is 2.82. The summed E-state index contributed by atoms with van der Waals surface area (Å²) < 4.78 is 5.20. The molecule has 2 heteroatoms. The molecular weight excluding hydrogens is 188 g/mol. The zero-order valence-electron chi connectivity index (χ0n) is 10.0. The Kier molecular flexibility index (Phi) is 3.51. The van der Waals surface area contributed by atoms with Crippen molar-refractivity contribution in [3.63, 3.8) is 0 Å². The van der Waals surface area contributed by atoms with Crippen molar-refractivity contribution in [2.75, 3.05) is 0 Å². The van der Waals surface area contributed by atoms with Crippen molar-refractivity contribution in [2.45, 2.75) is 40.7 Å². The predicted molar refractivity (Wildman–Crippen MR) is 61.2 cm³/mol. The van der Waals surface area contributed by atoms with Crippen molar-refractivity contribution < 1.29 is 9.53 Å². The molecule has 0 saturated carbocycles. The average Bonchev–Trinajstić information content (AvgIpc) is 1.99. The molecule has 0 heterocycles. The molecule has 0 aliphatic rings. The minimum absolute atomic E-state index is 0.0717. The lowest BCUT2D eigenvalue weighted by Crippen LogP contribution is -2.14. The van der Waals surface area contributed by atoms with Gasteiger partial charge in [0.2, 0.25) is 0 Å². The number of hydrogen-bond donors (Lipinski definition) is 0. The molecule has 2 nitrogen and oxygen atoms in total. The maximum absolute atomic E-state index is 11.8. The van der Waals surface area contributed by atoms with Gasteiger partial charge >= 0.3 is 5.97 Å². The van der Waals surface area contributed by atoms with E-state index >= 15 is 0 Å². The van der Waals surface area contributed by atoms with E-state index in [0.29, 0.717) is 5.56 Å². The van der Waals surface area contributed by atoms with Crippen LogP contribution in [0.5, 0.6) is 0 Å². The Morgan fingerprint density at radius 1 is 1.13 bits per heavy atom. The summed E-state index contributed by atoms with van der Waals surface area (Å²) in [7, 11) is 0. The number of carbonyl (C=O) groups is 1. The summed E-state index contributed by atoms with van der Waals surface area (Å²) in [5.74, 6) is -0.222. The standard InChI is InChI=1S/C13H18O2/c1-8(2)15-13(14)12-10(4)6-9(3)7-11(12)5/h6-8H,1-5H3. The summed E-state index contributed by atoms with van der Waals surface area (Å²) in [5.41, 5.74) is 3.84. The summed E-state index contributed by atoms with van der Waals surface area (Å²) >= 11 is 0. The van der Waals surface area contributed by atoms with Crippen molar-refractivity contribution >= 4 is 5.97 Å². The second-order valence-electron chi connectivity index (χ2n) is 4.23. The van der Waals surface area contributed by atoms with Gasteiger partial charge < -0.3 is 4.74 Å². The van der Waals surface area contributed by atoms with Crippen LogP contribution < -0.4 is 0 Å². The van der Waals surface area contributed by atoms with Crippen LogP contribution in [0.15, 0.2) is 12.1 Å². The van der Waals surface area contributed by atoms with Crippen LogP contribution in [-0.2, 0) is 4.74 Å². The van der Waals surface area contributed by atoms with Gasteiger partial charge in [-0.1, -0.05) is 17.7 Å². The van der Waals surface area contributed by atoms with Gasteiger partial charge in [0, 0.05) is 0 Å². The molecule has 1 aromatic carbocycles. The van der Waals surface area contributed by atoms with Crippen LogP contribution in [0.3, 0.4) is 0 Å². The zero-order chi connectivity index (χ0) is 11.6. The Morgan fingerprint density at radius 2 is 1.60 bits per heavy atom. The van der Waals surface area contributed by atoms with E-state index in [9.17, 15) is 4.79 Å². The highest BCUT2D eigenvalue weighted by Crippen LogP contribution is 2.17. The number of aryl methyl sites for hydroxylation is 3. The monoisotopic (exact) mass is 206 g/mol. The van der Waals surface area contributed by atoms with Crippen LogP contribution in [0.2, 0.25) is 0 Å². The molecule has 0 N–H and O–H groups in total. The molecule has 0 aromatic heterocycles. The van der Waals surface area contributed by atoms with E-state index < -0.39 is 0 Å². The Labute approximate surface area is 91.3 Å². The number of carbonyl (C=O) groups excluding carboxylic acids is 1. The van der Waals surface area contributed by atoms with Gasteiger partial charge in [0.1, 0.15) is 0 Å². The molecule has 82 valence electrons. The molecule has 0 spiro atoms. The normalized spacial score (nSPS) is 10.5. The highest BCUT2D eigenvalue weighted by molar-refractivity contribution is 5.92. The van der Waals surface area contributed by atoms with Crippen molar-refractivity contribution in [2.24, 2.45) is 0 Å². The van der Waals surface area contributed by atoms with E-state index in [1.54, 1.807) is 0 Å². The fourth-order valence-electron chi connectivity index (χ4n) is 1.77. The summed E-state index contributed by atoms with van der Waals surface area (Å²) in [5, 5.41) is 0. The molecule has 0 saturated heterocycles. The Balaban J connectivity index is 3.09. The molecular formula is C13H18O2. The Hall–Kier alpha value is -1.31.